The summed E-state index contributed by atoms with van der Waals surface area (Å²) in [7, 11) is 0. The van der Waals surface area contributed by atoms with Crippen LogP contribution in [-0.4, -0.2) is 26.0 Å². The summed E-state index contributed by atoms with van der Waals surface area (Å²) < 4.78 is 6.26. The zero-order chi connectivity index (χ0) is 23.9. The molecule has 0 bridgehead atoms. The highest BCUT2D eigenvalue weighted by Crippen LogP contribution is 2.33. The van der Waals surface area contributed by atoms with Crippen LogP contribution in [0.4, 0.5) is 11.5 Å². The molecule has 0 fully saturated rings. The maximum atomic E-state index is 10.9. The Hall–Kier alpha value is -4.26. The van der Waals surface area contributed by atoms with Gasteiger partial charge >= 0.3 is 5.97 Å². The summed E-state index contributed by atoms with van der Waals surface area (Å²) in [6.07, 6.45) is 4.80. The van der Waals surface area contributed by atoms with Crippen LogP contribution in [0.1, 0.15) is 30.2 Å². The molecule has 2 N–H and O–H groups in total. The van der Waals surface area contributed by atoms with Crippen molar-refractivity contribution in [1.82, 2.24) is 15.0 Å². The van der Waals surface area contributed by atoms with Gasteiger partial charge in [0.15, 0.2) is 5.75 Å². The normalized spacial score (nSPS) is 10.6. The first-order valence-electron chi connectivity index (χ1n) is 11.2. The minimum absolute atomic E-state index is 0.0912. The Bertz CT molecular complexity index is 1290. The van der Waals surface area contributed by atoms with Gasteiger partial charge in [0.25, 0.3) is 0 Å². The van der Waals surface area contributed by atoms with Gasteiger partial charge in [0.2, 0.25) is 0 Å². The van der Waals surface area contributed by atoms with Crippen molar-refractivity contribution in [3.63, 3.8) is 0 Å². The number of rotatable bonds is 9. The summed E-state index contributed by atoms with van der Waals surface area (Å²) in [4.78, 5) is 24.5. The average molecular weight is 455 g/mol. The molecule has 0 radical (unpaired) electrons. The second-order valence-corrected chi connectivity index (χ2v) is 7.87. The van der Waals surface area contributed by atoms with Crippen LogP contribution in [0.25, 0.3) is 11.4 Å². The Balaban J connectivity index is 1.58. The average Bonchev–Trinajstić information content (AvgIpc) is 2.84. The van der Waals surface area contributed by atoms with Crippen molar-refractivity contribution < 1.29 is 14.6 Å². The molecule has 0 unspecified atom stereocenters. The highest BCUT2D eigenvalue weighted by Gasteiger charge is 2.14. The fourth-order valence-electron chi connectivity index (χ4n) is 3.62. The summed E-state index contributed by atoms with van der Waals surface area (Å²) in [5, 5.41) is 12.2. The molecule has 3 heterocycles. The highest BCUT2D eigenvalue weighted by molar-refractivity contribution is 5.67. The molecule has 0 saturated carbocycles. The first-order valence-corrected chi connectivity index (χ1v) is 11.2. The lowest BCUT2D eigenvalue weighted by Gasteiger charge is -2.14. The third kappa shape index (κ3) is 5.75. The summed E-state index contributed by atoms with van der Waals surface area (Å²) in [6, 6.07) is 19.0. The topological polar surface area (TPSA) is 97.2 Å². The molecule has 4 rings (SSSR count). The number of benzene rings is 1. The van der Waals surface area contributed by atoms with Gasteiger partial charge in [0, 0.05) is 36.3 Å². The quantitative estimate of drug-likeness (QED) is 0.322. The fraction of sp³-hybridized carbons (Fsp3) is 0.185. The first kappa shape index (κ1) is 22.9. The van der Waals surface area contributed by atoms with E-state index in [1.54, 1.807) is 18.5 Å². The van der Waals surface area contributed by atoms with Gasteiger partial charge < -0.3 is 15.2 Å². The molecule has 4 aromatic rings. The number of hydrogen-bond donors (Lipinski definition) is 2. The number of ether oxygens (including phenoxy) is 1. The molecule has 1 aromatic carbocycles. The number of carboxylic acid groups (broad SMARTS) is 1. The molecule has 0 aliphatic heterocycles. The van der Waals surface area contributed by atoms with Crippen molar-refractivity contribution in [3.05, 3.63) is 89.9 Å². The standard InChI is InChI=1S/C27H26N4O3/c1-3-22-18(2)15-24(27(31-22)23-9-4-5-13-28-23)34-21-12-14-29-25(17-21)30-20-8-6-7-19(16-20)10-11-26(32)33/h4-9,12-17H,3,10-11H2,1-2H3,(H,29,30)(H,32,33). The van der Waals surface area contributed by atoms with Gasteiger partial charge in [-0.3, -0.25) is 9.78 Å². The van der Waals surface area contributed by atoms with Crippen LogP contribution >= 0.6 is 0 Å². The molecule has 7 heteroatoms. The van der Waals surface area contributed by atoms with Gasteiger partial charge in [-0.05, 0) is 67.3 Å². The zero-order valence-corrected chi connectivity index (χ0v) is 19.2. The van der Waals surface area contributed by atoms with E-state index in [1.165, 1.54) is 0 Å². The first-order chi connectivity index (χ1) is 16.5. The fourth-order valence-corrected chi connectivity index (χ4v) is 3.62. The number of anilines is 2. The predicted molar refractivity (Wildman–Crippen MR) is 132 cm³/mol. The van der Waals surface area contributed by atoms with Crippen LogP contribution in [0, 0.1) is 6.92 Å². The molecule has 0 aliphatic carbocycles. The third-order valence-electron chi connectivity index (χ3n) is 5.31. The van der Waals surface area contributed by atoms with E-state index in [-0.39, 0.29) is 6.42 Å². The van der Waals surface area contributed by atoms with Gasteiger partial charge in [0.05, 0.1) is 5.69 Å². The number of pyridine rings is 3. The van der Waals surface area contributed by atoms with E-state index in [2.05, 4.69) is 22.2 Å². The lowest BCUT2D eigenvalue weighted by Crippen LogP contribution is -2.00. The van der Waals surface area contributed by atoms with Gasteiger partial charge in [-0.2, -0.15) is 0 Å². The molecule has 3 aromatic heterocycles. The summed E-state index contributed by atoms with van der Waals surface area (Å²) >= 11 is 0. The van der Waals surface area contributed by atoms with Crippen LogP contribution < -0.4 is 10.1 Å². The van der Waals surface area contributed by atoms with E-state index in [0.29, 0.717) is 29.4 Å². The van der Waals surface area contributed by atoms with Gasteiger partial charge in [-0.1, -0.05) is 25.1 Å². The van der Waals surface area contributed by atoms with Crippen molar-refractivity contribution >= 4 is 17.5 Å². The maximum absolute atomic E-state index is 10.9. The van der Waals surface area contributed by atoms with E-state index < -0.39 is 5.97 Å². The number of nitrogens with one attached hydrogen (secondary N) is 1. The van der Waals surface area contributed by atoms with Gasteiger partial charge in [0.1, 0.15) is 17.3 Å². The minimum atomic E-state index is -0.813. The zero-order valence-electron chi connectivity index (χ0n) is 19.2. The lowest BCUT2D eigenvalue weighted by atomic mass is 10.1. The predicted octanol–water partition coefficient (Wildman–Crippen LogP) is 5.96. The van der Waals surface area contributed by atoms with E-state index in [9.17, 15) is 4.79 Å². The lowest BCUT2D eigenvalue weighted by molar-refractivity contribution is -0.136. The van der Waals surface area contributed by atoms with Crippen LogP contribution in [0.3, 0.4) is 0 Å². The summed E-state index contributed by atoms with van der Waals surface area (Å²) in [5.74, 6) is 1.04. The Kier molecular flexibility index (Phi) is 7.13. The molecule has 7 nitrogen and oxygen atoms in total. The van der Waals surface area contributed by atoms with Gasteiger partial charge in [-0.25, -0.2) is 9.97 Å². The van der Waals surface area contributed by atoms with Crippen LogP contribution in [0.5, 0.6) is 11.5 Å². The second-order valence-electron chi connectivity index (χ2n) is 7.87. The van der Waals surface area contributed by atoms with E-state index in [4.69, 9.17) is 14.8 Å². The number of hydrogen-bond acceptors (Lipinski definition) is 6. The molecule has 34 heavy (non-hydrogen) atoms. The molecule has 0 atom stereocenters. The molecule has 0 aliphatic rings. The SMILES string of the molecule is CCc1nc(-c2ccccn2)c(Oc2ccnc(Nc3cccc(CCC(=O)O)c3)c2)cc1C. The number of aromatic nitrogens is 3. The smallest absolute Gasteiger partial charge is 0.303 e. The number of nitrogens with zero attached hydrogens (tertiary/aromatic N) is 3. The van der Waals surface area contributed by atoms with E-state index in [0.717, 1.165) is 34.6 Å². The molecule has 0 amide bonds. The van der Waals surface area contributed by atoms with Crippen molar-refractivity contribution in [2.24, 2.45) is 0 Å². The van der Waals surface area contributed by atoms with Crippen molar-refractivity contribution in [2.75, 3.05) is 5.32 Å². The van der Waals surface area contributed by atoms with Gasteiger partial charge in [-0.15, -0.1) is 0 Å². The monoisotopic (exact) mass is 454 g/mol. The van der Waals surface area contributed by atoms with Crippen LogP contribution in [0.15, 0.2) is 73.1 Å². The molecular formula is C27H26N4O3. The highest BCUT2D eigenvalue weighted by atomic mass is 16.5. The summed E-state index contributed by atoms with van der Waals surface area (Å²) in [5.41, 5.74) is 5.28. The van der Waals surface area contributed by atoms with Crippen molar-refractivity contribution in [3.8, 4) is 22.9 Å². The number of carbonyl (C=O) groups is 1. The van der Waals surface area contributed by atoms with Crippen molar-refractivity contribution in [2.45, 2.75) is 33.1 Å². The Morgan fingerprint density at radius 3 is 2.68 bits per heavy atom. The van der Waals surface area contributed by atoms with Crippen molar-refractivity contribution in [1.29, 1.82) is 0 Å². The van der Waals surface area contributed by atoms with E-state index >= 15 is 0 Å². The van der Waals surface area contributed by atoms with Crippen LogP contribution in [-0.2, 0) is 17.6 Å². The molecular weight excluding hydrogens is 428 g/mol. The molecule has 0 spiro atoms. The Morgan fingerprint density at radius 1 is 1.03 bits per heavy atom. The minimum Gasteiger partial charge on any atom is -0.481 e. The Labute approximate surface area is 198 Å². The number of carboxylic acids is 1. The van der Waals surface area contributed by atoms with Crippen LogP contribution in [0.2, 0.25) is 0 Å². The molecule has 172 valence electrons. The number of aliphatic carboxylic acids is 1. The number of aryl methyl sites for hydroxylation is 3. The van der Waals surface area contributed by atoms with E-state index in [1.807, 2.05) is 61.5 Å². The maximum Gasteiger partial charge on any atom is 0.303 e. The molecule has 0 saturated heterocycles. The third-order valence-corrected chi connectivity index (χ3v) is 5.31. The largest absolute Gasteiger partial charge is 0.481 e. The second kappa shape index (κ2) is 10.6. The Morgan fingerprint density at radius 2 is 1.91 bits per heavy atom. The summed E-state index contributed by atoms with van der Waals surface area (Å²) in [6.45, 7) is 4.10.